The lowest BCUT2D eigenvalue weighted by molar-refractivity contribution is 0.122. The molecule has 0 radical (unpaired) electrons. The number of aryl methyl sites for hydroxylation is 2. The van der Waals surface area contributed by atoms with Gasteiger partial charge < -0.3 is 15.0 Å². The average molecular weight is 372 g/mol. The minimum atomic E-state index is -0.159. The van der Waals surface area contributed by atoms with E-state index in [2.05, 4.69) is 20.3 Å². The second kappa shape index (κ2) is 7.00. The topological polar surface area (TPSA) is 84.7 Å². The summed E-state index contributed by atoms with van der Waals surface area (Å²) in [7, 11) is 0. The molecule has 4 heterocycles. The van der Waals surface area contributed by atoms with Crippen LogP contribution in [0.1, 0.15) is 18.3 Å². The highest BCUT2D eigenvalue weighted by Gasteiger charge is 2.14. The number of rotatable bonds is 4. The van der Waals surface area contributed by atoms with E-state index >= 15 is 0 Å². The number of nitrogens with one attached hydrogen (secondary N) is 1. The van der Waals surface area contributed by atoms with Crippen molar-refractivity contribution in [2.45, 2.75) is 20.3 Å². The van der Waals surface area contributed by atoms with Crippen LogP contribution in [0.3, 0.4) is 0 Å². The van der Waals surface area contributed by atoms with Gasteiger partial charge in [-0.1, -0.05) is 18.3 Å². The van der Waals surface area contributed by atoms with Crippen LogP contribution in [0.4, 0.5) is 16.6 Å². The number of nitrogens with zero attached hydrogens (tertiary/aromatic N) is 5. The quantitative estimate of drug-likeness (QED) is 0.750. The van der Waals surface area contributed by atoms with Gasteiger partial charge in [-0.2, -0.15) is 4.52 Å². The van der Waals surface area contributed by atoms with E-state index in [1.165, 1.54) is 21.9 Å². The Morgan fingerprint density at radius 3 is 2.81 bits per heavy atom. The summed E-state index contributed by atoms with van der Waals surface area (Å²) in [5, 5.41) is 8.21. The predicted octanol–water partition coefficient (Wildman–Crippen LogP) is 2.00. The molecule has 0 spiro atoms. The summed E-state index contributed by atoms with van der Waals surface area (Å²) in [6, 6.07) is 5.51. The highest BCUT2D eigenvalue weighted by Crippen LogP contribution is 2.25. The molecular formula is C17H20N6O2S. The third-order valence-corrected chi connectivity index (χ3v) is 5.13. The SMILES string of the molecule is CCc1cc(=O)n2nc(Nc3ccc(N4CCOCC4)nc3C)sc2n1. The number of aromatic nitrogens is 4. The van der Waals surface area contributed by atoms with E-state index in [0.717, 1.165) is 55.6 Å². The molecule has 0 bridgehead atoms. The van der Waals surface area contributed by atoms with Crippen LogP contribution in [-0.2, 0) is 11.2 Å². The van der Waals surface area contributed by atoms with Crippen LogP contribution < -0.4 is 15.8 Å². The molecule has 1 aliphatic heterocycles. The fourth-order valence-electron chi connectivity index (χ4n) is 2.85. The van der Waals surface area contributed by atoms with Gasteiger partial charge in [0, 0.05) is 24.8 Å². The number of morpholine rings is 1. The van der Waals surface area contributed by atoms with E-state index in [1.807, 2.05) is 26.0 Å². The Bertz CT molecular complexity index is 993. The number of hydrogen-bond acceptors (Lipinski definition) is 8. The maximum atomic E-state index is 12.1. The normalized spacial score (nSPS) is 14.8. The number of anilines is 3. The second-order valence-electron chi connectivity index (χ2n) is 6.07. The second-order valence-corrected chi connectivity index (χ2v) is 7.02. The molecule has 8 nitrogen and oxygen atoms in total. The van der Waals surface area contributed by atoms with Crippen molar-refractivity contribution in [2.75, 3.05) is 36.5 Å². The van der Waals surface area contributed by atoms with Crippen LogP contribution in [0.2, 0.25) is 0 Å². The summed E-state index contributed by atoms with van der Waals surface area (Å²) >= 11 is 1.35. The zero-order valence-corrected chi connectivity index (χ0v) is 15.5. The molecule has 3 aromatic rings. The summed E-state index contributed by atoms with van der Waals surface area (Å²) in [5.74, 6) is 0.950. The monoisotopic (exact) mass is 372 g/mol. The fraction of sp³-hybridized carbons (Fsp3) is 0.412. The summed E-state index contributed by atoms with van der Waals surface area (Å²) in [5.41, 5.74) is 2.36. The number of fused-ring (bicyclic) bond motifs is 1. The Balaban J connectivity index is 1.59. The van der Waals surface area contributed by atoms with Crippen molar-refractivity contribution < 1.29 is 4.74 Å². The molecular weight excluding hydrogens is 352 g/mol. The number of pyridine rings is 1. The average Bonchev–Trinajstić information content (AvgIpc) is 3.07. The maximum absolute atomic E-state index is 12.1. The van der Waals surface area contributed by atoms with Crippen LogP contribution in [0.25, 0.3) is 4.96 Å². The van der Waals surface area contributed by atoms with Gasteiger partial charge in [-0.3, -0.25) is 4.79 Å². The highest BCUT2D eigenvalue weighted by molar-refractivity contribution is 7.20. The molecule has 136 valence electrons. The maximum Gasteiger partial charge on any atom is 0.275 e. The first-order chi connectivity index (χ1) is 12.6. The Kier molecular flexibility index (Phi) is 4.56. The summed E-state index contributed by atoms with van der Waals surface area (Å²) < 4.78 is 6.72. The Labute approximate surface area is 154 Å². The Hall–Kier alpha value is -2.52. The van der Waals surface area contributed by atoms with Gasteiger partial charge in [0.25, 0.3) is 5.56 Å². The zero-order valence-electron chi connectivity index (χ0n) is 14.7. The molecule has 3 aromatic heterocycles. The zero-order chi connectivity index (χ0) is 18.1. The largest absolute Gasteiger partial charge is 0.378 e. The first kappa shape index (κ1) is 16.9. The minimum Gasteiger partial charge on any atom is -0.378 e. The standard InChI is InChI=1S/C17H20N6O2S/c1-3-12-10-15(24)23-17(19-12)26-16(21-23)20-13-4-5-14(18-11(13)2)22-6-8-25-9-7-22/h4-5,10H,3,6-9H2,1-2H3,(H,20,21). The molecule has 26 heavy (non-hydrogen) atoms. The van der Waals surface area contributed by atoms with Crippen LogP contribution in [0, 0.1) is 6.92 Å². The van der Waals surface area contributed by atoms with E-state index in [4.69, 9.17) is 9.72 Å². The van der Waals surface area contributed by atoms with Crippen molar-refractivity contribution >= 4 is 32.9 Å². The molecule has 1 fully saturated rings. The number of hydrogen-bond donors (Lipinski definition) is 1. The third kappa shape index (κ3) is 3.27. The van der Waals surface area contributed by atoms with Crippen molar-refractivity contribution in [1.82, 2.24) is 19.6 Å². The van der Waals surface area contributed by atoms with Gasteiger partial charge in [0.15, 0.2) is 0 Å². The summed E-state index contributed by atoms with van der Waals surface area (Å²) in [6.45, 7) is 7.10. The third-order valence-electron chi connectivity index (χ3n) is 4.31. The Morgan fingerprint density at radius 2 is 2.08 bits per heavy atom. The lowest BCUT2D eigenvalue weighted by Crippen LogP contribution is -2.36. The molecule has 0 unspecified atom stereocenters. The van der Waals surface area contributed by atoms with Crippen LogP contribution in [-0.4, -0.2) is 45.9 Å². The molecule has 0 amide bonds. The minimum absolute atomic E-state index is 0.159. The van der Waals surface area contributed by atoms with Crippen molar-refractivity contribution in [3.63, 3.8) is 0 Å². The highest BCUT2D eigenvalue weighted by atomic mass is 32.1. The fourth-order valence-corrected chi connectivity index (χ4v) is 3.69. The van der Waals surface area contributed by atoms with Crippen molar-refractivity contribution in [2.24, 2.45) is 0 Å². The van der Waals surface area contributed by atoms with E-state index < -0.39 is 0 Å². The Morgan fingerprint density at radius 1 is 1.27 bits per heavy atom. The molecule has 0 atom stereocenters. The summed E-state index contributed by atoms with van der Waals surface area (Å²) in [4.78, 5) is 24.1. The lowest BCUT2D eigenvalue weighted by atomic mass is 10.3. The molecule has 9 heteroatoms. The van der Waals surface area contributed by atoms with E-state index in [9.17, 15) is 4.79 Å². The van der Waals surface area contributed by atoms with E-state index in [0.29, 0.717) is 10.1 Å². The van der Waals surface area contributed by atoms with Gasteiger partial charge in [0.05, 0.1) is 24.6 Å². The van der Waals surface area contributed by atoms with Crippen molar-refractivity contribution in [1.29, 1.82) is 0 Å². The molecule has 0 saturated carbocycles. The van der Waals surface area contributed by atoms with E-state index in [-0.39, 0.29) is 5.56 Å². The van der Waals surface area contributed by atoms with Gasteiger partial charge >= 0.3 is 0 Å². The first-order valence-electron chi connectivity index (χ1n) is 8.61. The van der Waals surface area contributed by atoms with Crippen molar-refractivity contribution in [3.8, 4) is 0 Å². The van der Waals surface area contributed by atoms with E-state index in [1.54, 1.807) is 0 Å². The number of ether oxygens (including phenoxy) is 1. The molecule has 1 aliphatic rings. The van der Waals surface area contributed by atoms with Crippen LogP contribution >= 0.6 is 11.3 Å². The first-order valence-corrected chi connectivity index (χ1v) is 9.43. The molecule has 0 aliphatic carbocycles. The van der Waals surface area contributed by atoms with Gasteiger partial charge in [-0.25, -0.2) is 9.97 Å². The van der Waals surface area contributed by atoms with Gasteiger partial charge in [-0.05, 0) is 25.5 Å². The molecule has 4 rings (SSSR count). The van der Waals surface area contributed by atoms with Gasteiger partial charge in [-0.15, -0.1) is 5.10 Å². The van der Waals surface area contributed by atoms with Gasteiger partial charge in [0.1, 0.15) is 5.82 Å². The van der Waals surface area contributed by atoms with Crippen molar-refractivity contribution in [3.05, 3.63) is 39.9 Å². The summed E-state index contributed by atoms with van der Waals surface area (Å²) in [6.07, 6.45) is 0.721. The van der Waals surface area contributed by atoms with Gasteiger partial charge in [0.2, 0.25) is 10.1 Å². The van der Waals surface area contributed by atoms with Crippen LogP contribution in [0.5, 0.6) is 0 Å². The predicted molar refractivity (Wildman–Crippen MR) is 102 cm³/mol. The molecule has 0 aromatic carbocycles. The lowest BCUT2D eigenvalue weighted by Gasteiger charge is -2.28. The molecule has 1 saturated heterocycles. The van der Waals surface area contributed by atoms with Crippen LogP contribution in [0.15, 0.2) is 23.0 Å². The molecule has 1 N–H and O–H groups in total. The smallest absolute Gasteiger partial charge is 0.275 e.